The first-order valence-corrected chi connectivity index (χ1v) is 22.5. The minimum absolute atomic E-state index is 0.695. The summed E-state index contributed by atoms with van der Waals surface area (Å²) in [4.78, 5) is 10.3. The van der Waals surface area contributed by atoms with Crippen molar-refractivity contribution in [3.05, 3.63) is 243 Å². The summed E-state index contributed by atoms with van der Waals surface area (Å²) < 4.78 is 4.84. The van der Waals surface area contributed by atoms with Crippen LogP contribution < -0.4 is 0 Å². The first-order valence-electron chi connectivity index (χ1n) is 22.5. The standard InChI is InChI=1S/C62H40N4/c1-2-15-46(16-3-1)62-63-56(44-31-26-42(27-32-44)48-35-30-41-14-4-5-17-47(41)36-48)40-57(64-62)45-33-28-43(29-34-45)49-37-50(65-58-22-10-6-18-52(58)53-19-7-11-23-59(53)65)39-51(38-49)66-60-24-12-8-20-54(60)55-21-9-13-25-61(55)66/h1-40H. The lowest BCUT2D eigenvalue weighted by Crippen LogP contribution is -2.00. The maximum absolute atomic E-state index is 5.19. The van der Waals surface area contributed by atoms with Crippen LogP contribution in [-0.2, 0) is 0 Å². The fourth-order valence-electron chi connectivity index (χ4n) is 9.92. The molecule has 4 nitrogen and oxygen atoms in total. The van der Waals surface area contributed by atoms with Gasteiger partial charge in [-0.2, -0.15) is 0 Å². The Morgan fingerprint density at radius 2 is 0.636 bits per heavy atom. The van der Waals surface area contributed by atoms with Gasteiger partial charge in [-0.25, -0.2) is 9.97 Å². The molecule has 308 valence electrons. The second-order valence-electron chi connectivity index (χ2n) is 17.0. The smallest absolute Gasteiger partial charge is 0.160 e. The van der Waals surface area contributed by atoms with Crippen molar-refractivity contribution >= 4 is 54.4 Å². The van der Waals surface area contributed by atoms with Crippen molar-refractivity contribution in [3.8, 4) is 67.5 Å². The molecular formula is C62H40N4. The van der Waals surface area contributed by atoms with Gasteiger partial charge in [0, 0.05) is 49.6 Å². The van der Waals surface area contributed by atoms with Crippen LogP contribution in [0, 0.1) is 0 Å². The van der Waals surface area contributed by atoms with E-state index >= 15 is 0 Å². The molecular weight excluding hydrogens is 801 g/mol. The maximum atomic E-state index is 5.19. The molecule has 13 aromatic rings. The van der Waals surface area contributed by atoms with E-state index in [1.165, 1.54) is 65.5 Å². The van der Waals surface area contributed by atoms with Crippen LogP contribution >= 0.6 is 0 Å². The Balaban J connectivity index is 0.941. The third kappa shape index (κ3) is 6.38. The molecule has 66 heavy (non-hydrogen) atoms. The average Bonchev–Trinajstić information content (AvgIpc) is 3.92. The Hall–Kier alpha value is -8.86. The molecule has 0 N–H and O–H groups in total. The summed E-state index contributed by atoms with van der Waals surface area (Å²) in [7, 11) is 0. The largest absolute Gasteiger partial charge is 0.309 e. The number of benzene rings is 10. The van der Waals surface area contributed by atoms with Gasteiger partial charge in [0.25, 0.3) is 0 Å². The Labute approximate surface area is 382 Å². The van der Waals surface area contributed by atoms with Gasteiger partial charge in [0.1, 0.15) is 0 Å². The van der Waals surface area contributed by atoms with E-state index in [1.54, 1.807) is 0 Å². The normalized spacial score (nSPS) is 11.6. The molecule has 0 amide bonds. The topological polar surface area (TPSA) is 35.6 Å². The molecule has 0 unspecified atom stereocenters. The second-order valence-corrected chi connectivity index (χ2v) is 17.0. The van der Waals surface area contributed by atoms with Crippen molar-refractivity contribution in [2.24, 2.45) is 0 Å². The van der Waals surface area contributed by atoms with Gasteiger partial charge in [0.2, 0.25) is 0 Å². The van der Waals surface area contributed by atoms with E-state index in [9.17, 15) is 0 Å². The van der Waals surface area contributed by atoms with E-state index in [0.717, 1.165) is 50.6 Å². The lowest BCUT2D eigenvalue weighted by Gasteiger charge is -2.16. The summed E-state index contributed by atoms with van der Waals surface area (Å²) in [6.45, 7) is 0. The molecule has 0 aliphatic carbocycles. The number of fused-ring (bicyclic) bond motifs is 7. The highest BCUT2D eigenvalue weighted by Crippen LogP contribution is 2.39. The minimum Gasteiger partial charge on any atom is -0.309 e. The molecule has 0 atom stereocenters. The summed E-state index contributed by atoms with van der Waals surface area (Å²) in [5, 5.41) is 7.42. The predicted molar refractivity (Wildman–Crippen MR) is 275 cm³/mol. The van der Waals surface area contributed by atoms with Gasteiger partial charge in [-0.3, -0.25) is 0 Å². The SMILES string of the molecule is c1ccc(-c2nc(-c3ccc(-c4cc(-n5c6ccccc6c6ccccc65)cc(-n5c6ccccc6c6ccccc65)c4)cc3)cc(-c3ccc(-c4ccc5ccccc5c4)cc3)n2)cc1. The highest BCUT2D eigenvalue weighted by Gasteiger charge is 2.18. The molecule has 13 rings (SSSR count). The quantitative estimate of drug-likeness (QED) is 0.160. The van der Waals surface area contributed by atoms with Crippen molar-refractivity contribution in [2.45, 2.75) is 0 Å². The van der Waals surface area contributed by atoms with Crippen LogP contribution in [0.3, 0.4) is 0 Å². The van der Waals surface area contributed by atoms with Crippen LogP contribution in [0.25, 0.3) is 122 Å². The van der Waals surface area contributed by atoms with Gasteiger partial charge in [-0.15, -0.1) is 0 Å². The number of nitrogens with zero attached hydrogens (tertiary/aromatic N) is 4. The zero-order valence-electron chi connectivity index (χ0n) is 35.9. The average molecular weight is 841 g/mol. The van der Waals surface area contributed by atoms with E-state index in [-0.39, 0.29) is 0 Å². The molecule has 10 aromatic carbocycles. The molecule has 0 radical (unpaired) electrons. The van der Waals surface area contributed by atoms with Crippen molar-refractivity contribution in [2.75, 3.05) is 0 Å². The summed E-state index contributed by atoms with van der Waals surface area (Å²) in [6.07, 6.45) is 0. The zero-order valence-corrected chi connectivity index (χ0v) is 35.9. The highest BCUT2D eigenvalue weighted by molar-refractivity contribution is 6.11. The van der Waals surface area contributed by atoms with E-state index in [2.05, 4.69) is 234 Å². The van der Waals surface area contributed by atoms with Crippen LogP contribution in [0.5, 0.6) is 0 Å². The molecule has 0 saturated heterocycles. The fourth-order valence-corrected chi connectivity index (χ4v) is 9.92. The van der Waals surface area contributed by atoms with Gasteiger partial charge < -0.3 is 9.13 Å². The first-order chi connectivity index (χ1) is 32.7. The van der Waals surface area contributed by atoms with Crippen molar-refractivity contribution in [1.29, 1.82) is 0 Å². The minimum atomic E-state index is 0.695. The van der Waals surface area contributed by atoms with Gasteiger partial charge in [0.05, 0.1) is 33.5 Å². The van der Waals surface area contributed by atoms with E-state index < -0.39 is 0 Å². The Morgan fingerprint density at radius 1 is 0.242 bits per heavy atom. The highest BCUT2D eigenvalue weighted by atomic mass is 15.0. The van der Waals surface area contributed by atoms with Gasteiger partial charge in [-0.05, 0) is 87.6 Å². The van der Waals surface area contributed by atoms with E-state index in [4.69, 9.17) is 9.97 Å². The molecule has 0 bridgehead atoms. The van der Waals surface area contributed by atoms with Crippen LogP contribution in [-0.4, -0.2) is 19.1 Å². The number of hydrogen-bond acceptors (Lipinski definition) is 2. The molecule has 4 heteroatoms. The number of para-hydroxylation sites is 4. The molecule has 0 aliphatic heterocycles. The van der Waals surface area contributed by atoms with Crippen LogP contribution in [0.4, 0.5) is 0 Å². The number of rotatable bonds is 7. The van der Waals surface area contributed by atoms with E-state index in [0.29, 0.717) is 5.82 Å². The molecule has 0 spiro atoms. The lowest BCUT2D eigenvalue weighted by atomic mass is 9.98. The van der Waals surface area contributed by atoms with Crippen LogP contribution in [0.2, 0.25) is 0 Å². The molecule has 0 fully saturated rings. The predicted octanol–water partition coefficient (Wildman–Crippen LogP) is 16.2. The second kappa shape index (κ2) is 15.4. The van der Waals surface area contributed by atoms with Crippen LogP contribution in [0.1, 0.15) is 0 Å². The van der Waals surface area contributed by atoms with Crippen molar-refractivity contribution in [1.82, 2.24) is 19.1 Å². The first kappa shape index (κ1) is 37.7. The van der Waals surface area contributed by atoms with Gasteiger partial charge in [0.15, 0.2) is 5.82 Å². The van der Waals surface area contributed by atoms with Gasteiger partial charge in [-0.1, -0.05) is 188 Å². The molecule has 3 aromatic heterocycles. The van der Waals surface area contributed by atoms with E-state index in [1.807, 2.05) is 18.2 Å². The summed E-state index contributed by atoms with van der Waals surface area (Å²) in [5.41, 5.74) is 16.3. The number of aromatic nitrogens is 4. The zero-order chi connectivity index (χ0) is 43.6. The van der Waals surface area contributed by atoms with Crippen molar-refractivity contribution < 1.29 is 0 Å². The Kier molecular flexibility index (Phi) is 8.81. The van der Waals surface area contributed by atoms with Crippen LogP contribution in [0.15, 0.2) is 243 Å². The maximum Gasteiger partial charge on any atom is 0.160 e. The summed E-state index contributed by atoms with van der Waals surface area (Å²) in [6, 6.07) is 87.1. The Morgan fingerprint density at radius 3 is 1.14 bits per heavy atom. The fraction of sp³-hybridized carbons (Fsp3) is 0. The molecule has 3 heterocycles. The third-order valence-corrected chi connectivity index (χ3v) is 13.1. The molecule has 0 saturated carbocycles. The number of hydrogen-bond donors (Lipinski definition) is 0. The van der Waals surface area contributed by atoms with Gasteiger partial charge >= 0.3 is 0 Å². The monoisotopic (exact) mass is 840 g/mol. The Bertz CT molecular complexity index is 3730. The third-order valence-electron chi connectivity index (χ3n) is 13.1. The molecule has 0 aliphatic rings. The summed E-state index contributed by atoms with van der Waals surface area (Å²) >= 11 is 0. The lowest BCUT2D eigenvalue weighted by molar-refractivity contribution is 1.13. The summed E-state index contributed by atoms with van der Waals surface area (Å²) in [5.74, 6) is 0.695. The van der Waals surface area contributed by atoms with Crippen molar-refractivity contribution in [3.63, 3.8) is 0 Å².